The molecule has 0 aliphatic heterocycles. The summed E-state index contributed by atoms with van der Waals surface area (Å²) in [4.78, 5) is 16.7. The molecular formula is C2H3NO6Pu-4. The minimum atomic E-state index is -2.33. The van der Waals surface area contributed by atoms with Crippen LogP contribution in [0.15, 0.2) is 0 Å². The van der Waals surface area contributed by atoms with Gasteiger partial charge in [0.1, 0.15) is 0 Å². The van der Waals surface area contributed by atoms with Crippen molar-refractivity contribution in [3.05, 3.63) is 0 Å². The SMILES string of the molecule is N.O=C([O-])[O-].O=C([O-])[O-].[Pu]. The second kappa shape index (κ2) is 15.8. The molecule has 0 amide bonds. The topological polar surface area (TPSA) is 161 Å². The van der Waals surface area contributed by atoms with Crippen LogP contribution in [0, 0.1) is 29.2 Å². The van der Waals surface area contributed by atoms with Crippen LogP contribution in [0.2, 0.25) is 0 Å². The number of hydrogen-bond acceptors (Lipinski definition) is 7. The summed E-state index contributed by atoms with van der Waals surface area (Å²) in [5.74, 6) is 0. The molecule has 0 bridgehead atoms. The van der Waals surface area contributed by atoms with Crippen LogP contribution in [-0.2, 0) is 0 Å². The molecule has 62 valence electrons. The molecule has 3 N–H and O–H groups in total. The minimum absolute atomic E-state index is 0. The monoisotopic (exact) mass is 375 g/mol. The third kappa shape index (κ3) is 1200. The Morgan fingerprint density at radius 1 is 0.800 bits per heavy atom. The van der Waals surface area contributed by atoms with Gasteiger partial charge in [-0.3, -0.25) is 0 Å². The second-order valence-electron chi connectivity index (χ2n) is 0.500. The molecule has 0 aromatic carbocycles. The molecule has 0 spiro atoms. The van der Waals surface area contributed by atoms with Crippen molar-refractivity contribution in [2.45, 2.75) is 0 Å². The Morgan fingerprint density at radius 3 is 0.800 bits per heavy atom. The maximum absolute atomic E-state index is 8.33. The molecule has 10 heavy (non-hydrogen) atoms. The summed E-state index contributed by atoms with van der Waals surface area (Å²) in [5, 5.41) is 33.3. The van der Waals surface area contributed by atoms with E-state index in [1.54, 1.807) is 0 Å². The number of carboxylic acid groups (broad SMARTS) is 4. The smallest absolute Gasteiger partial charge is 0 e. The summed E-state index contributed by atoms with van der Waals surface area (Å²) < 4.78 is 0. The molecule has 0 rings (SSSR count). The van der Waals surface area contributed by atoms with E-state index in [-0.39, 0.29) is 35.3 Å². The minimum Gasteiger partial charge on any atom is -0.652 e. The Morgan fingerprint density at radius 2 is 0.800 bits per heavy atom. The van der Waals surface area contributed by atoms with Crippen LogP contribution in [0.4, 0.5) is 9.59 Å². The van der Waals surface area contributed by atoms with Gasteiger partial charge in [0.15, 0.2) is 0 Å². The summed E-state index contributed by atoms with van der Waals surface area (Å²) >= 11 is 0. The molecule has 0 atom stereocenters. The molecule has 0 radical (unpaired) electrons. The Labute approximate surface area is 77.8 Å². The van der Waals surface area contributed by atoms with Gasteiger partial charge in [-0.05, 0) is 12.3 Å². The van der Waals surface area contributed by atoms with Gasteiger partial charge in [-0.1, -0.05) is 0 Å². The summed E-state index contributed by atoms with van der Waals surface area (Å²) in [6.07, 6.45) is -4.67. The fourth-order valence-electron chi connectivity index (χ4n) is 0. The normalized spacial score (nSPS) is 4.80. The van der Waals surface area contributed by atoms with Gasteiger partial charge in [0.25, 0.3) is 0 Å². The van der Waals surface area contributed by atoms with Gasteiger partial charge in [0.05, 0.1) is 0 Å². The number of carbonyl (C=O) groups excluding carboxylic acids is 2. The van der Waals surface area contributed by atoms with Crippen LogP contribution in [0.5, 0.6) is 0 Å². The molecule has 0 heterocycles. The van der Waals surface area contributed by atoms with Crippen molar-refractivity contribution < 1.29 is 59.2 Å². The molecule has 0 saturated carbocycles. The fourth-order valence-corrected chi connectivity index (χ4v) is 0. The molecule has 0 aliphatic carbocycles. The van der Waals surface area contributed by atoms with E-state index in [4.69, 9.17) is 30.0 Å². The molecule has 8 heteroatoms. The van der Waals surface area contributed by atoms with Crippen LogP contribution in [0.1, 0.15) is 0 Å². The van der Waals surface area contributed by atoms with Crippen molar-refractivity contribution in [1.82, 2.24) is 6.15 Å². The van der Waals surface area contributed by atoms with E-state index in [0.717, 1.165) is 0 Å². The fraction of sp³-hybridized carbons (Fsp3) is 0. The van der Waals surface area contributed by atoms with E-state index in [1.165, 1.54) is 0 Å². The quantitative estimate of drug-likeness (QED) is 0.441. The maximum atomic E-state index is 8.33. The average Bonchev–Trinajstić information content (AvgIpc) is 1.25. The molecule has 0 aliphatic rings. The number of hydrogen-bond donors (Lipinski definition) is 1. The van der Waals surface area contributed by atoms with E-state index in [0.29, 0.717) is 0 Å². The third-order valence-electron chi connectivity index (χ3n) is 0. The maximum Gasteiger partial charge on any atom is 0 e. The standard InChI is InChI=1S/2CH2O3.H3N.Pu/c2*2-1(3)4;;/h2*(H2,2,3,4);1H3;/p-4. The Balaban J connectivity index is -0.0000000300. The van der Waals surface area contributed by atoms with Crippen LogP contribution in [0.25, 0.3) is 0 Å². The van der Waals surface area contributed by atoms with Gasteiger partial charge in [0.2, 0.25) is 0 Å². The molecule has 0 aromatic rings. The first-order chi connectivity index (χ1) is 3.46. The summed E-state index contributed by atoms with van der Waals surface area (Å²) in [7, 11) is 0. The predicted molar refractivity (Wildman–Crippen MR) is 15.8 cm³/mol. The Bertz CT molecular complexity index is 73.7. The zero-order chi connectivity index (χ0) is 7.15. The van der Waals surface area contributed by atoms with Gasteiger partial charge in [-0.25, -0.2) is 0 Å². The number of rotatable bonds is 0. The van der Waals surface area contributed by atoms with E-state index in [9.17, 15) is 0 Å². The van der Waals surface area contributed by atoms with Gasteiger partial charge in [0, 0.05) is 29.2 Å². The molecule has 0 unspecified atom stereocenters. The van der Waals surface area contributed by atoms with Crippen molar-refractivity contribution in [2.24, 2.45) is 0 Å². The molecule has 0 aromatic heterocycles. The van der Waals surface area contributed by atoms with E-state index >= 15 is 0 Å². The van der Waals surface area contributed by atoms with Gasteiger partial charge >= 0.3 is 0 Å². The zero-order valence-corrected chi connectivity index (χ0v) is 7.96. The number of carbonyl (C=O) groups is 2. The largest absolute Gasteiger partial charge is 0.652 e. The van der Waals surface area contributed by atoms with E-state index in [2.05, 4.69) is 0 Å². The van der Waals surface area contributed by atoms with Gasteiger partial charge < -0.3 is 36.2 Å². The first-order valence-corrected chi connectivity index (χ1v) is 1.22. The van der Waals surface area contributed by atoms with Crippen molar-refractivity contribution in [1.29, 1.82) is 0 Å². The summed E-state index contributed by atoms with van der Waals surface area (Å²) in [6.45, 7) is 0. The molecule has 7 nitrogen and oxygen atoms in total. The predicted octanol–water partition coefficient (Wildman–Crippen LogP) is -4.73. The molecular weight excluding hydrogens is 378 g/mol. The third-order valence-corrected chi connectivity index (χ3v) is 0. The molecule has 0 fully saturated rings. The van der Waals surface area contributed by atoms with E-state index < -0.39 is 12.3 Å². The van der Waals surface area contributed by atoms with Crippen molar-refractivity contribution in [3.8, 4) is 0 Å². The average molecular weight is 381 g/mol. The van der Waals surface area contributed by atoms with Crippen LogP contribution in [0.3, 0.4) is 0 Å². The van der Waals surface area contributed by atoms with Crippen LogP contribution >= 0.6 is 0 Å². The van der Waals surface area contributed by atoms with Crippen LogP contribution < -0.4 is 26.6 Å². The van der Waals surface area contributed by atoms with Gasteiger partial charge in [-0.15, -0.1) is 0 Å². The zero-order valence-electron chi connectivity index (χ0n) is 4.56. The summed E-state index contributed by atoms with van der Waals surface area (Å²) in [5.41, 5.74) is 0. The Kier molecular flexibility index (Phi) is 35.9. The van der Waals surface area contributed by atoms with E-state index in [1.807, 2.05) is 0 Å². The Hall–Kier alpha value is -0.513. The van der Waals surface area contributed by atoms with Crippen LogP contribution in [-0.4, -0.2) is 12.3 Å². The second-order valence-corrected chi connectivity index (χ2v) is 0.500. The first kappa shape index (κ1) is 22.7. The summed E-state index contributed by atoms with van der Waals surface area (Å²) in [6, 6.07) is 0. The van der Waals surface area contributed by atoms with Crippen molar-refractivity contribution in [2.75, 3.05) is 0 Å². The van der Waals surface area contributed by atoms with Gasteiger partial charge in [-0.2, -0.15) is 0 Å². The first-order valence-electron chi connectivity index (χ1n) is 1.22. The molecule has 0 saturated heterocycles. The van der Waals surface area contributed by atoms with Crippen molar-refractivity contribution in [3.63, 3.8) is 0 Å². The van der Waals surface area contributed by atoms with Crippen molar-refractivity contribution >= 4 is 12.3 Å².